The zero-order valence-electron chi connectivity index (χ0n) is 15.5. The van der Waals surface area contributed by atoms with Crippen LogP contribution in [0.3, 0.4) is 0 Å². The van der Waals surface area contributed by atoms with Gasteiger partial charge in [0, 0.05) is 50.7 Å². The van der Waals surface area contributed by atoms with Gasteiger partial charge in [-0.1, -0.05) is 19.1 Å². The lowest BCUT2D eigenvalue weighted by Crippen LogP contribution is -2.49. The Morgan fingerprint density at radius 1 is 1.16 bits per heavy atom. The second kappa shape index (κ2) is 7.46. The fourth-order valence-corrected chi connectivity index (χ4v) is 3.54. The van der Waals surface area contributed by atoms with Crippen molar-refractivity contribution in [3.05, 3.63) is 29.3 Å². The Morgan fingerprint density at radius 3 is 2.48 bits per heavy atom. The number of carbonyl (C=O) groups is 2. The molecule has 0 unspecified atom stereocenters. The van der Waals surface area contributed by atoms with Crippen molar-refractivity contribution in [2.24, 2.45) is 11.8 Å². The van der Waals surface area contributed by atoms with Crippen LogP contribution in [0.15, 0.2) is 18.2 Å². The zero-order chi connectivity index (χ0) is 18.0. The molecule has 136 valence electrons. The van der Waals surface area contributed by atoms with Gasteiger partial charge in [-0.05, 0) is 43.4 Å². The maximum Gasteiger partial charge on any atom is 0.224 e. The van der Waals surface area contributed by atoms with Crippen molar-refractivity contribution < 1.29 is 9.59 Å². The Balaban J connectivity index is 1.43. The van der Waals surface area contributed by atoms with Crippen LogP contribution in [0, 0.1) is 25.7 Å². The smallest absolute Gasteiger partial charge is 0.224 e. The van der Waals surface area contributed by atoms with Crippen LogP contribution in [0.5, 0.6) is 0 Å². The van der Waals surface area contributed by atoms with Crippen molar-refractivity contribution in [3.63, 3.8) is 0 Å². The molecule has 0 radical (unpaired) electrons. The van der Waals surface area contributed by atoms with Crippen molar-refractivity contribution in [1.29, 1.82) is 0 Å². The maximum absolute atomic E-state index is 12.3. The molecule has 2 fully saturated rings. The third-order valence-electron chi connectivity index (χ3n) is 5.63. The van der Waals surface area contributed by atoms with Gasteiger partial charge < -0.3 is 15.1 Å². The molecule has 1 aliphatic carbocycles. The van der Waals surface area contributed by atoms with E-state index >= 15 is 0 Å². The number of anilines is 1. The van der Waals surface area contributed by atoms with Gasteiger partial charge in [-0.2, -0.15) is 0 Å². The van der Waals surface area contributed by atoms with Crippen LogP contribution in [-0.4, -0.2) is 49.4 Å². The fourth-order valence-electron chi connectivity index (χ4n) is 3.54. The molecule has 2 aliphatic rings. The van der Waals surface area contributed by atoms with Gasteiger partial charge in [0.1, 0.15) is 0 Å². The summed E-state index contributed by atoms with van der Waals surface area (Å²) in [5.74, 6) is 0.940. The highest BCUT2D eigenvalue weighted by Gasteiger charge is 2.38. The number of hydrogen-bond acceptors (Lipinski definition) is 3. The van der Waals surface area contributed by atoms with E-state index < -0.39 is 0 Å². The van der Waals surface area contributed by atoms with Gasteiger partial charge >= 0.3 is 0 Å². The molecule has 25 heavy (non-hydrogen) atoms. The van der Waals surface area contributed by atoms with Gasteiger partial charge in [0.15, 0.2) is 0 Å². The molecule has 3 rings (SSSR count). The van der Waals surface area contributed by atoms with Crippen LogP contribution < -0.4 is 10.2 Å². The highest BCUT2D eigenvalue weighted by Crippen LogP contribution is 2.37. The first-order chi connectivity index (χ1) is 12.0. The number of rotatable bonds is 5. The molecule has 1 aromatic rings. The molecular formula is C20H29N3O2. The van der Waals surface area contributed by atoms with E-state index in [1.807, 2.05) is 4.90 Å². The SMILES string of the molecule is Cc1cccc(N2CCN(C(=O)CCNC(=O)[C@@H]3C[C@@H]3C)CC2)c1C. The minimum Gasteiger partial charge on any atom is -0.368 e. The van der Waals surface area contributed by atoms with E-state index in [4.69, 9.17) is 0 Å². The Morgan fingerprint density at radius 2 is 1.84 bits per heavy atom. The minimum absolute atomic E-state index is 0.111. The van der Waals surface area contributed by atoms with Gasteiger partial charge in [0.25, 0.3) is 0 Å². The standard InChI is InChI=1S/C20H29N3O2/c1-14-5-4-6-18(16(14)3)22-9-11-23(12-10-22)19(24)7-8-21-20(25)17-13-15(17)2/h4-6,15,17H,7-13H2,1-3H3,(H,21,25)/t15-,17+/m0/s1. The number of piperazine rings is 1. The predicted octanol–water partition coefficient (Wildman–Crippen LogP) is 2.11. The first kappa shape index (κ1) is 17.8. The van der Waals surface area contributed by atoms with E-state index in [2.05, 4.69) is 49.2 Å². The van der Waals surface area contributed by atoms with Crippen LogP contribution in [-0.2, 0) is 9.59 Å². The number of nitrogens with zero attached hydrogens (tertiary/aromatic N) is 2. The summed E-state index contributed by atoms with van der Waals surface area (Å²) in [5.41, 5.74) is 3.90. The Bertz CT molecular complexity index is 650. The average Bonchev–Trinajstić information content (AvgIpc) is 3.34. The van der Waals surface area contributed by atoms with Gasteiger partial charge in [0.05, 0.1) is 0 Å². The van der Waals surface area contributed by atoms with E-state index in [0.29, 0.717) is 18.9 Å². The topological polar surface area (TPSA) is 52.6 Å². The first-order valence-electron chi connectivity index (χ1n) is 9.34. The summed E-state index contributed by atoms with van der Waals surface area (Å²) in [6, 6.07) is 6.39. The quantitative estimate of drug-likeness (QED) is 0.891. The summed E-state index contributed by atoms with van der Waals surface area (Å²) in [6.07, 6.45) is 1.39. The molecule has 5 nitrogen and oxygen atoms in total. The minimum atomic E-state index is 0.111. The van der Waals surface area contributed by atoms with E-state index in [1.165, 1.54) is 16.8 Å². The monoisotopic (exact) mass is 343 g/mol. The second-order valence-corrected chi connectivity index (χ2v) is 7.45. The van der Waals surface area contributed by atoms with Gasteiger partial charge in [0.2, 0.25) is 11.8 Å². The Kier molecular flexibility index (Phi) is 5.30. The molecule has 1 heterocycles. The molecule has 2 atom stereocenters. The molecular weight excluding hydrogens is 314 g/mol. The summed E-state index contributed by atoms with van der Waals surface area (Å²) >= 11 is 0. The van der Waals surface area contributed by atoms with E-state index in [0.717, 1.165) is 32.6 Å². The molecule has 1 saturated heterocycles. The first-order valence-corrected chi connectivity index (χ1v) is 9.34. The highest BCUT2D eigenvalue weighted by atomic mass is 16.2. The maximum atomic E-state index is 12.3. The van der Waals surface area contributed by atoms with E-state index in [9.17, 15) is 9.59 Å². The van der Waals surface area contributed by atoms with Gasteiger partial charge in [-0.3, -0.25) is 9.59 Å². The van der Waals surface area contributed by atoms with Crippen LogP contribution in [0.25, 0.3) is 0 Å². The highest BCUT2D eigenvalue weighted by molar-refractivity contribution is 5.82. The van der Waals surface area contributed by atoms with Crippen molar-refractivity contribution in [1.82, 2.24) is 10.2 Å². The number of amides is 2. The lowest BCUT2D eigenvalue weighted by Gasteiger charge is -2.37. The molecule has 1 aromatic carbocycles. The molecule has 5 heteroatoms. The summed E-state index contributed by atoms with van der Waals surface area (Å²) in [6.45, 7) is 10.1. The van der Waals surface area contributed by atoms with Crippen LogP contribution >= 0.6 is 0 Å². The van der Waals surface area contributed by atoms with Crippen LogP contribution in [0.4, 0.5) is 5.69 Å². The van der Waals surface area contributed by atoms with Crippen molar-refractivity contribution in [2.75, 3.05) is 37.6 Å². The second-order valence-electron chi connectivity index (χ2n) is 7.45. The zero-order valence-corrected chi connectivity index (χ0v) is 15.5. The summed E-state index contributed by atoms with van der Waals surface area (Å²) < 4.78 is 0. The number of aryl methyl sites for hydroxylation is 1. The van der Waals surface area contributed by atoms with E-state index in [1.54, 1.807) is 0 Å². The lowest BCUT2D eigenvalue weighted by molar-refractivity contribution is -0.131. The van der Waals surface area contributed by atoms with Crippen LogP contribution in [0.1, 0.15) is 30.9 Å². The number of carbonyl (C=O) groups excluding carboxylic acids is 2. The predicted molar refractivity (Wildman–Crippen MR) is 99.6 cm³/mol. The Labute approximate surface area is 150 Å². The molecule has 1 N–H and O–H groups in total. The number of hydrogen-bond donors (Lipinski definition) is 1. The Hall–Kier alpha value is -2.04. The van der Waals surface area contributed by atoms with Crippen molar-refractivity contribution in [2.45, 2.75) is 33.6 Å². The fraction of sp³-hybridized carbons (Fsp3) is 0.600. The van der Waals surface area contributed by atoms with Gasteiger partial charge in [-0.15, -0.1) is 0 Å². The third-order valence-corrected chi connectivity index (χ3v) is 5.63. The molecule has 1 saturated carbocycles. The number of benzene rings is 1. The summed E-state index contributed by atoms with van der Waals surface area (Å²) in [4.78, 5) is 28.4. The largest absolute Gasteiger partial charge is 0.368 e. The normalized spacial score (nSPS) is 22.7. The molecule has 1 aliphatic heterocycles. The molecule has 2 amide bonds. The number of nitrogens with one attached hydrogen (secondary N) is 1. The van der Waals surface area contributed by atoms with Crippen molar-refractivity contribution in [3.8, 4) is 0 Å². The van der Waals surface area contributed by atoms with E-state index in [-0.39, 0.29) is 17.7 Å². The molecule has 0 aromatic heterocycles. The van der Waals surface area contributed by atoms with Crippen molar-refractivity contribution >= 4 is 17.5 Å². The van der Waals surface area contributed by atoms with Crippen LogP contribution in [0.2, 0.25) is 0 Å². The third kappa shape index (κ3) is 4.14. The lowest BCUT2D eigenvalue weighted by atomic mass is 10.1. The summed E-state index contributed by atoms with van der Waals surface area (Å²) in [5, 5.41) is 2.90. The molecule has 0 bridgehead atoms. The van der Waals surface area contributed by atoms with Gasteiger partial charge in [-0.25, -0.2) is 0 Å². The summed E-state index contributed by atoms with van der Waals surface area (Å²) in [7, 11) is 0. The molecule has 0 spiro atoms. The average molecular weight is 343 g/mol.